The summed E-state index contributed by atoms with van der Waals surface area (Å²) >= 11 is 6.21. The summed E-state index contributed by atoms with van der Waals surface area (Å²) in [5.41, 5.74) is 2.41. The predicted octanol–water partition coefficient (Wildman–Crippen LogP) is 4.51. The first-order valence-electron chi connectivity index (χ1n) is 10.00. The third kappa shape index (κ3) is 5.11. The van der Waals surface area contributed by atoms with E-state index in [4.69, 9.17) is 25.8 Å². The van der Waals surface area contributed by atoms with Gasteiger partial charge in [0.25, 0.3) is 0 Å². The van der Waals surface area contributed by atoms with Crippen molar-refractivity contribution in [2.45, 2.75) is 32.9 Å². The van der Waals surface area contributed by atoms with E-state index in [-0.39, 0.29) is 12.6 Å². The quantitative estimate of drug-likeness (QED) is 0.585. The molecule has 7 nitrogen and oxygen atoms in total. The minimum atomic E-state index is -0.673. The van der Waals surface area contributed by atoms with Gasteiger partial charge >= 0.3 is 12.0 Å². The summed E-state index contributed by atoms with van der Waals surface area (Å²) in [6, 6.07) is 11.7. The van der Waals surface area contributed by atoms with Crippen LogP contribution >= 0.6 is 11.6 Å². The number of methoxy groups -OCH3 is 1. The zero-order chi connectivity index (χ0) is 22.4. The number of benzene rings is 2. The third-order valence-electron chi connectivity index (χ3n) is 4.85. The average Bonchev–Trinajstić information content (AvgIpc) is 2.78. The van der Waals surface area contributed by atoms with Gasteiger partial charge in [-0.25, -0.2) is 9.59 Å². The van der Waals surface area contributed by atoms with Crippen LogP contribution in [-0.4, -0.2) is 25.7 Å². The number of ether oxygens (including phenoxy) is 3. The molecule has 31 heavy (non-hydrogen) atoms. The van der Waals surface area contributed by atoms with Gasteiger partial charge in [0.05, 0.1) is 25.3 Å². The number of allylic oxidation sites excluding steroid dienone is 1. The van der Waals surface area contributed by atoms with Gasteiger partial charge in [-0.2, -0.15) is 0 Å². The Morgan fingerprint density at radius 3 is 2.55 bits per heavy atom. The number of hydrogen-bond donors (Lipinski definition) is 2. The molecule has 0 fully saturated rings. The second-order valence-corrected chi connectivity index (χ2v) is 7.20. The predicted molar refractivity (Wildman–Crippen MR) is 117 cm³/mol. The van der Waals surface area contributed by atoms with E-state index in [1.54, 1.807) is 24.3 Å². The minimum Gasteiger partial charge on any atom is -0.490 e. The average molecular weight is 445 g/mol. The summed E-state index contributed by atoms with van der Waals surface area (Å²) in [7, 11) is 1.31. The first-order chi connectivity index (χ1) is 15.0. The van der Waals surface area contributed by atoms with E-state index in [0.717, 1.165) is 5.56 Å². The lowest BCUT2D eigenvalue weighted by Crippen LogP contribution is -2.45. The summed E-state index contributed by atoms with van der Waals surface area (Å²) in [5.74, 6) is 0.526. The summed E-state index contributed by atoms with van der Waals surface area (Å²) in [6.45, 7) is 4.42. The smallest absolute Gasteiger partial charge is 0.337 e. The molecule has 0 aliphatic carbocycles. The van der Waals surface area contributed by atoms with Crippen LogP contribution in [-0.2, 0) is 16.1 Å². The molecule has 0 radical (unpaired) electrons. The van der Waals surface area contributed by atoms with Crippen LogP contribution in [0.2, 0.25) is 5.02 Å². The number of halogens is 1. The van der Waals surface area contributed by atoms with Crippen molar-refractivity contribution in [2.75, 3.05) is 13.7 Å². The Morgan fingerprint density at radius 1 is 1.10 bits per heavy atom. The molecule has 0 saturated carbocycles. The highest BCUT2D eigenvalue weighted by Gasteiger charge is 2.33. The van der Waals surface area contributed by atoms with E-state index in [1.165, 1.54) is 7.11 Å². The second-order valence-electron chi connectivity index (χ2n) is 6.79. The van der Waals surface area contributed by atoms with Crippen LogP contribution in [0.5, 0.6) is 11.5 Å². The van der Waals surface area contributed by atoms with Crippen LogP contribution in [0, 0.1) is 0 Å². The molecule has 1 unspecified atom stereocenters. The molecule has 2 amide bonds. The molecule has 8 heteroatoms. The Labute approximate surface area is 186 Å². The van der Waals surface area contributed by atoms with Gasteiger partial charge in [-0.15, -0.1) is 0 Å². The molecule has 2 N–H and O–H groups in total. The van der Waals surface area contributed by atoms with Gasteiger partial charge in [-0.3, -0.25) is 0 Å². The summed E-state index contributed by atoms with van der Waals surface area (Å²) in [4.78, 5) is 24.6. The van der Waals surface area contributed by atoms with Crippen LogP contribution in [0.25, 0.3) is 0 Å². The highest BCUT2D eigenvalue weighted by atomic mass is 35.5. The summed E-state index contributed by atoms with van der Waals surface area (Å²) in [6.07, 6.45) is 0.478. The molecular formula is C23H25ClN2O5. The van der Waals surface area contributed by atoms with E-state index in [2.05, 4.69) is 10.6 Å². The minimum absolute atomic E-state index is 0.274. The zero-order valence-corrected chi connectivity index (χ0v) is 18.4. The van der Waals surface area contributed by atoms with Gasteiger partial charge in [-0.05, 0) is 37.1 Å². The first kappa shape index (κ1) is 22.5. The Kier molecular flexibility index (Phi) is 7.41. The van der Waals surface area contributed by atoms with Gasteiger partial charge < -0.3 is 24.8 Å². The first-order valence-corrected chi connectivity index (χ1v) is 10.4. The molecule has 2 aromatic rings. The standard InChI is InChI=1S/C23H25ClN2O5/c1-4-17-20(22(27)29-3)21(26-23(28)25-17)14-10-11-18(19(12-14)30-5-2)31-13-15-8-6-7-9-16(15)24/h6-12,21H,4-5,13H2,1-3H3,(H2,25,26,28). The van der Waals surface area contributed by atoms with E-state index in [0.29, 0.717) is 46.4 Å². The van der Waals surface area contributed by atoms with Crippen LogP contribution in [0.4, 0.5) is 4.79 Å². The lowest BCUT2D eigenvalue weighted by molar-refractivity contribution is -0.136. The van der Waals surface area contributed by atoms with Gasteiger partial charge in [0, 0.05) is 16.3 Å². The van der Waals surface area contributed by atoms with Crippen molar-refractivity contribution in [2.24, 2.45) is 0 Å². The maximum atomic E-state index is 12.5. The Balaban J connectivity index is 1.94. The normalized spacial score (nSPS) is 15.7. The largest absolute Gasteiger partial charge is 0.490 e. The topological polar surface area (TPSA) is 85.9 Å². The molecule has 1 aliphatic heterocycles. The molecule has 3 rings (SSSR count). The monoisotopic (exact) mass is 444 g/mol. The number of amides is 2. The number of carbonyl (C=O) groups excluding carboxylic acids is 2. The van der Waals surface area contributed by atoms with Crippen LogP contribution in [0.3, 0.4) is 0 Å². The number of hydrogen-bond acceptors (Lipinski definition) is 5. The van der Waals surface area contributed by atoms with Gasteiger partial charge in [-0.1, -0.05) is 42.8 Å². The maximum absolute atomic E-state index is 12.5. The number of esters is 1. The number of urea groups is 1. The highest BCUT2D eigenvalue weighted by Crippen LogP contribution is 2.35. The van der Waals surface area contributed by atoms with Crippen molar-refractivity contribution in [3.63, 3.8) is 0 Å². The summed E-state index contributed by atoms with van der Waals surface area (Å²) < 4.78 is 16.7. The SMILES string of the molecule is CCOc1cc(C2NC(=O)NC(CC)=C2C(=O)OC)ccc1OCc1ccccc1Cl. The highest BCUT2D eigenvalue weighted by molar-refractivity contribution is 6.31. The Bertz CT molecular complexity index is 1010. The van der Waals surface area contributed by atoms with Crippen molar-refractivity contribution >= 4 is 23.6 Å². The van der Waals surface area contributed by atoms with E-state index in [1.807, 2.05) is 32.0 Å². The number of carbonyl (C=O) groups is 2. The number of nitrogens with one attached hydrogen (secondary N) is 2. The molecule has 0 bridgehead atoms. The van der Waals surface area contributed by atoms with Crippen LogP contribution < -0.4 is 20.1 Å². The second kappa shape index (κ2) is 10.2. The molecule has 0 spiro atoms. The molecular weight excluding hydrogens is 420 g/mol. The van der Waals surface area contributed by atoms with Gasteiger partial charge in [0.2, 0.25) is 0 Å². The molecule has 0 aromatic heterocycles. The molecule has 1 heterocycles. The van der Waals surface area contributed by atoms with Crippen LogP contribution in [0.1, 0.15) is 37.4 Å². The molecule has 164 valence electrons. The molecule has 2 aromatic carbocycles. The fourth-order valence-electron chi connectivity index (χ4n) is 3.36. The lowest BCUT2D eigenvalue weighted by Gasteiger charge is -2.29. The zero-order valence-electron chi connectivity index (χ0n) is 17.7. The molecule has 1 aliphatic rings. The summed E-state index contributed by atoms with van der Waals surface area (Å²) in [5, 5.41) is 6.10. The fraction of sp³-hybridized carbons (Fsp3) is 0.304. The van der Waals surface area contributed by atoms with Crippen molar-refractivity contribution < 1.29 is 23.8 Å². The van der Waals surface area contributed by atoms with Gasteiger partial charge in [0.1, 0.15) is 6.61 Å². The van der Waals surface area contributed by atoms with Crippen molar-refractivity contribution in [1.29, 1.82) is 0 Å². The van der Waals surface area contributed by atoms with Crippen molar-refractivity contribution in [3.05, 3.63) is 69.9 Å². The maximum Gasteiger partial charge on any atom is 0.337 e. The molecule has 1 atom stereocenters. The Morgan fingerprint density at radius 2 is 1.87 bits per heavy atom. The Hall–Kier alpha value is -3.19. The van der Waals surface area contributed by atoms with E-state index in [9.17, 15) is 9.59 Å². The van der Waals surface area contributed by atoms with Crippen molar-refractivity contribution in [1.82, 2.24) is 10.6 Å². The third-order valence-corrected chi connectivity index (χ3v) is 5.22. The molecule has 0 saturated heterocycles. The fourth-order valence-corrected chi connectivity index (χ4v) is 3.55. The van der Waals surface area contributed by atoms with Crippen LogP contribution in [0.15, 0.2) is 53.7 Å². The van der Waals surface area contributed by atoms with Crippen molar-refractivity contribution in [3.8, 4) is 11.5 Å². The van der Waals surface area contributed by atoms with Gasteiger partial charge in [0.15, 0.2) is 11.5 Å². The number of rotatable bonds is 8. The van der Waals surface area contributed by atoms with E-state index >= 15 is 0 Å². The van der Waals surface area contributed by atoms with E-state index < -0.39 is 12.0 Å². The lowest BCUT2D eigenvalue weighted by atomic mass is 9.94.